The third-order valence-corrected chi connectivity index (χ3v) is 7.63. The minimum absolute atomic E-state index is 0.0799. The fraction of sp³-hybridized carbons (Fsp3) is 0.290. The number of amides is 2. The zero-order chi connectivity index (χ0) is 29.3. The summed E-state index contributed by atoms with van der Waals surface area (Å²) in [5, 5.41) is 15.2. The van der Waals surface area contributed by atoms with E-state index in [0.29, 0.717) is 35.2 Å². The molecular weight excluding hydrogens is 554 g/mol. The first-order valence-corrected chi connectivity index (χ1v) is 14.8. The number of hydrogen-bond acceptors (Lipinski definition) is 8. The third kappa shape index (κ3) is 7.48. The Kier molecular flexibility index (Phi) is 9.73. The van der Waals surface area contributed by atoms with Gasteiger partial charge in [0, 0.05) is 29.1 Å². The van der Waals surface area contributed by atoms with E-state index in [1.807, 2.05) is 35.8 Å². The molecule has 0 radical (unpaired) electrons. The summed E-state index contributed by atoms with van der Waals surface area (Å²) in [4.78, 5) is 25.5. The highest BCUT2D eigenvalue weighted by atomic mass is 32.2. The molecule has 1 aliphatic rings. The Morgan fingerprint density at radius 2 is 1.64 bits per heavy atom. The van der Waals surface area contributed by atoms with E-state index in [0.717, 1.165) is 42.3 Å². The fourth-order valence-electron chi connectivity index (χ4n) is 4.54. The molecule has 3 aromatic carbocycles. The van der Waals surface area contributed by atoms with Gasteiger partial charge >= 0.3 is 0 Å². The molecule has 4 aromatic rings. The molecule has 2 N–H and O–H groups in total. The molecule has 10 nitrogen and oxygen atoms in total. The molecule has 0 aliphatic carbocycles. The summed E-state index contributed by atoms with van der Waals surface area (Å²) in [7, 11) is 1.63. The van der Waals surface area contributed by atoms with Crippen molar-refractivity contribution in [3.63, 3.8) is 0 Å². The van der Waals surface area contributed by atoms with Crippen LogP contribution in [-0.2, 0) is 16.1 Å². The van der Waals surface area contributed by atoms with Gasteiger partial charge in [-0.2, -0.15) is 0 Å². The second-order valence-corrected chi connectivity index (χ2v) is 10.5. The quantitative estimate of drug-likeness (QED) is 0.208. The molecular formula is C31H33N5O5S. The van der Waals surface area contributed by atoms with Crippen LogP contribution in [0.15, 0.2) is 78.0 Å². The molecule has 2 heterocycles. The van der Waals surface area contributed by atoms with Crippen molar-refractivity contribution in [2.24, 2.45) is 0 Å². The number of ether oxygens (including phenoxy) is 3. The van der Waals surface area contributed by atoms with Crippen molar-refractivity contribution >= 4 is 35.0 Å². The monoisotopic (exact) mass is 587 g/mol. The van der Waals surface area contributed by atoms with Crippen molar-refractivity contribution in [1.29, 1.82) is 0 Å². The molecule has 42 heavy (non-hydrogen) atoms. The lowest BCUT2D eigenvalue weighted by molar-refractivity contribution is -0.113. The van der Waals surface area contributed by atoms with Gasteiger partial charge in [-0.3, -0.25) is 14.2 Å². The van der Waals surface area contributed by atoms with Crippen molar-refractivity contribution in [3.8, 4) is 22.9 Å². The number of anilines is 2. The van der Waals surface area contributed by atoms with Gasteiger partial charge in [0.2, 0.25) is 5.91 Å². The molecule has 218 valence electrons. The highest BCUT2D eigenvalue weighted by Gasteiger charge is 2.22. The average molecular weight is 588 g/mol. The number of thioether (sulfide) groups is 1. The van der Waals surface area contributed by atoms with Crippen LogP contribution in [-0.4, -0.2) is 58.8 Å². The van der Waals surface area contributed by atoms with E-state index in [1.165, 1.54) is 11.8 Å². The fourth-order valence-corrected chi connectivity index (χ4v) is 5.29. The highest BCUT2D eigenvalue weighted by Crippen LogP contribution is 2.28. The molecule has 1 aliphatic heterocycles. The molecule has 0 unspecified atom stereocenters. The number of nitrogens with one attached hydrogen (secondary N) is 2. The molecule has 1 aromatic heterocycles. The number of benzene rings is 3. The maximum Gasteiger partial charge on any atom is 0.255 e. The van der Waals surface area contributed by atoms with E-state index in [9.17, 15) is 9.59 Å². The summed E-state index contributed by atoms with van der Waals surface area (Å²) < 4.78 is 18.6. The number of hydrogen-bond donors (Lipinski definition) is 2. The second-order valence-electron chi connectivity index (χ2n) is 9.61. The van der Waals surface area contributed by atoms with E-state index in [4.69, 9.17) is 14.2 Å². The Bertz CT molecular complexity index is 1480. The molecule has 5 rings (SSSR count). The normalized spacial score (nSPS) is 14.4. The maximum atomic E-state index is 12.8. The van der Waals surface area contributed by atoms with Crippen LogP contribution in [0.3, 0.4) is 0 Å². The molecule has 11 heteroatoms. The van der Waals surface area contributed by atoms with E-state index in [-0.39, 0.29) is 23.7 Å². The summed E-state index contributed by atoms with van der Waals surface area (Å²) in [5.41, 5.74) is 2.65. The SMILES string of the molecule is CCOc1ccc(NC(=O)c2ccc(NC(=O)CSc3nnc(-c4ccc(OC)cc4)n3C[C@H]3CCCO3)cc2)cc1. The Labute approximate surface area is 248 Å². The lowest BCUT2D eigenvalue weighted by atomic mass is 10.2. The summed E-state index contributed by atoms with van der Waals surface area (Å²) in [6.07, 6.45) is 2.08. The Balaban J connectivity index is 1.19. The van der Waals surface area contributed by atoms with Crippen molar-refractivity contribution in [3.05, 3.63) is 78.4 Å². The lowest BCUT2D eigenvalue weighted by Gasteiger charge is -2.15. The van der Waals surface area contributed by atoms with Crippen molar-refractivity contribution < 1.29 is 23.8 Å². The van der Waals surface area contributed by atoms with Crippen LogP contribution < -0.4 is 20.1 Å². The zero-order valence-corrected chi connectivity index (χ0v) is 24.4. The minimum atomic E-state index is -0.245. The van der Waals surface area contributed by atoms with Gasteiger partial charge in [0.1, 0.15) is 11.5 Å². The standard InChI is InChI=1S/C31H33N5O5S/c1-3-40-26-16-12-24(13-17-26)33-30(38)22-6-10-23(11-7-22)32-28(37)20-42-31-35-34-29(21-8-14-25(39-2)15-9-21)36(31)19-27-5-4-18-41-27/h6-17,27H,3-5,18-20H2,1-2H3,(H,32,37)(H,33,38)/t27-/m1/s1. The maximum absolute atomic E-state index is 12.8. The van der Waals surface area contributed by atoms with E-state index in [2.05, 4.69) is 20.8 Å². The predicted molar refractivity (Wildman–Crippen MR) is 162 cm³/mol. The highest BCUT2D eigenvalue weighted by molar-refractivity contribution is 7.99. The number of rotatable bonds is 12. The van der Waals surface area contributed by atoms with Crippen molar-refractivity contribution in [2.75, 3.05) is 36.7 Å². The molecule has 2 amide bonds. The van der Waals surface area contributed by atoms with Gasteiger partial charge in [-0.15, -0.1) is 10.2 Å². The minimum Gasteiger partial charge on any atom is -0.497 e. The summed E-state index contributed by atoms with van der Waals surface area (Å²) in [5.74, 6) is 1.93. The van der Waals surface area contributed by atoms with Gasteiger partial charge in [0.15, 0.2) is 11.0 Å². The van der Waals surface area contributed by atoms with E-state index < -0.39 is 0 Å². The van der Waals surface area contributed by atoms with E-state index >= 15 is 0 Å². The number of nitrogens with zero attached hydrogens (tertiary/aromatic N) is 3. The first-order chi connectivity index (χ1) is 20.5. The third-order valence-electron chi connectivity index (χ3n) is 6.66. The number of carbonyl (C=O) groups excluding carboxylic acids is 2. The van der Waals surface area contributed by atoms with Crippen LogP contribution in [0.4, 0.5) is 11.4 Å². The molecule has 1 fully saturated rings. The Hall–Kier alpha value is -4.35. The topological polar surface area (TPSA) is 117 Å². The van der Waals surface area contributed by atoms with E-state index in [1.54, 1.807) is 55.6 Å². The van der Waals surface area contributed by atoms with Gasteiger partial charge in [-0.25, -0.2) is 0 Å². The van der Waals surface area contributed by atoms with Crippen LogP contribution >= 0.6 is 11.8 Å². The summed E-state index contributed by atoms with van der Waals surface area (Å²) in [6, 6.07) is 21.6. The van der Waals surface area contributed by atoms with Gasteiger partial charge in [0.05, 0.1) is 32.1 Å². The summed E-state index contributed by atoms with van der Waals surface area (Å²) in [6.45, 7) is 3.85. The Morgan fingerprint density at radius 1 is 0.952 bits per heavy atom. The zero-order valence-electron chi connectivity index (χ0n) is 23.5. The molecule has 1 saturated heterocycles. The van der Waals surface area contributed by atoms with Crippen LogP contribution in [0, 0.1) is 0 Å². The average Bonchev–Trinajstić information content (AvgIpc) is 3.68. The molecule has 0 saturated carbocycles. The van der Waals surface area contributed by atoms with Crippen LogP contribution in [0.1, 0.15) is 30.1 Å². The van der Waals surface area contributed by atoms with Crippen LogP contribution in [0.2, 0.25) is 0 Å². The van der Waals surface area contributed by atoms with Gasteiger partial charge in [-0.05, 0) is 92.6 Å². The van der Waals surface area contributed by atoms with Crippen LogP contribution in [0.25, 0.3) is 11.4 Å². The Morgan fingerprint density at radius 3 is 2.31 bits per heavy atom. The first kappa shape index (κ1) is 29.2. The smallest absolute Gasteiger partial charge is 0.255 e. The number of carbonyl (C=O) groups is 2. The molecule has 1 atom stereocenters. The summed E-state index contributed by atoms with van der Waals surface area (Å²) >= 11 is 1.32. The van der Waals surface area contributed by atoms with Gasteiger partial charge in [-0.1, -0.05) is 11.8 Å². The van der Waals surface area contributed by atoms with Crippen LogP contribution in [0.5, 0.6) is 11.5 Å². The molecule has 0 bridgehead atoms. The molecule has 0 spiro atoms. The first-order valence-electron chi connectivity index (χ1n) is 13.8. The number of methoxy groups -OCH3 is 1. The van der Waals surface area contributed by atoms with Gasteiger partial charge < -0.3 is 24.8 Å². The van der Waals surface area contributed by atoms with Gasteiger partial charge in [0.25, 0.3) is 5.91 Å². The predicted octanol–water partition coefficient (Wildman–Crippen LogP) is 5.51. The largest absolute Gasteiger partial charge is 0.497 e. The number of aromatic nitrogens is 3. The van der Waals surface area contributed by atoms with Crippen molar-refractivity contribution in [1.82, 2.24) is 14.8 Å². The van der Waals surface area contributed by atoms with Crippen molar-refractivity contribution in [2.45, 2.75) is 37.6 Å². The second kappa shape index (κ2) is 14.0. The lowest BCUT2D eigenvalue weighted by Crippen LogP contribution is -2.18.